The molecule has 0 fully saturated rings. The number of ether oxygens (including phenoxy) is 1. The minimum atomic E-state index is -0.586. The van der Waals surface area contributed by atoms with Crippen LogP contribution in [-0.4, -0.2) is 44.8 Å². The van der Waals surface area contributed by atoms with Gasteiger partial charge in [0.15, 0.2) is 11.8 Å². The number of aromatic amines is 1. The molecule has 1 aromatic carbocycles. The summed E-state index contributed by atoms with van der Waals surface area (Å²) in [5.41, 5.74) is 1.33. The van der Waals surface area contributed by atoms with Crippen molar-refractivity contribution in [2.75, 3.05) is 12.4 Å². The van der Waals surface area contributed by atoms with Crippen molar-refractivity contribution in [1.29, 1.82) is 0 Å². The number of alkyl halides is 1. The van der Waals surface area contributed by atoms with Crippen LogP contribution in [0.25, 0.3) is 11.0 Å². The predicted molar refractivity (Wildman–Crippen MR) is 99.2 cm³/mol. The Morgan fingerprint density at radius 1 is 1.42 bits per heavy atom. The van der Waals surface area contributed by atoms with Gasteiger partial charge in [0.2, 0.25) is 0 Å². The third-order valence-electron chi connectivity index (χ3n) is 3.86. The van der Waals surface area contributed by atoms with E-state index < -0.39 is 17.7 Å². The first-order chi connectivity index (χ1) is 12.3. The van der Waals surface area contributed by atoms with Crippen LogP contribution < -0.4 is 0 Å². The molecule has 136 valence electrons. The first-order valence-electron chi connectivity index (χ1n) is 8.35. The number of fused-ring (bicyclic) bond motifs is 1. The van der Waals surface area contributed by atoms with Crippen molar-refractivity contribution in [3.63, 3.8) is 0 Å². The highest BCUT2D eigenvalue weighted by Crippen LogP contribution is 2.26. The summed E-state index contributed by atoms with van der Waals surface area (Å²) in [4.78, 5) is 33.6. The zero-order valence-corrected chi connectivity index (χ0v) is 15.7. The molecule has 1 atom stereocenters. The van der Waals surface area contributed by atoms with Crippen molar-refractivity contribution < 1.29 is 14.3 Å². The van der Waals surface area contributed by atoms with Gasteiger partial charge in [-0.3, -0.25) is 9.69 Å². The number of nitrogens with one attached hydrogen (secondary N) is 1. The Balaban J connectivity index is 1.93. The summed E-state index contributed by atoms with van der Waals surface area (Å²) in [6.07, 6.45) is 0.166. The van der Waals surface area contributed by atoms with Crippen LogP contribution in [0.3, 0.4) is 0 Å². The van der Waals surface area contributed by atoms with Crippen molar-refractivity contribution in [1.82, 2.24) is 14.9 Å². The van der Waals surface area contributed by atoms with Gasteiger partial charge in [0, 0.05) is 18.5 Å². The molecule has 0 bridgehead atoms. The van der Waals surface area contributed by atoms with E-state index in [4.69, 9.17) is 16.3 Å². The lowest BCUT2D eigenvalue weighted by atomic mass is 10.1. The van der Waals surface area contributed by atoms with E-state index in [1.165, 1.54) is 0 Å². The number of halogens is 1. The summed E-state index contributed by atoms with van der Waals surface area (Å²) in [7, 11) is 0. The van der Waals surface area contributed by atoms with E-state index in [1.807, 2.05) is 20.8 Å². The Morgan fingerprint density at radius 3 is 2.88 bits per heavy atom. The number of nitrogens with zero attached hydrogens (tertiary/aromatic N) is 2. The number of rotatable bonds is 3. The van der Waals surface area contributed by atoms with Gasteiger partial charge in [0.05, 0.1) is 16.9 Å². The molecule has 2 aromatic rings. The number of hydrogen-bond acceptors (Lipinski definition) is 4. The molecule has 1 aliphatic rings. The smallest absolute Gasteiger partial charge is 0.411 e. The van der Waals surface area contributed by atoms with Gasteiger partial charge in [-0.25, -0.2) is 9.78 Å². The molecule has 0 saturated heterocycles. The molecule has 6 nitrogen and oxygen atoms in total. The summed E-state index contributed by atoms with van der Waals surface area (Å²) in [5, 5.41) is 0. The molecule has 3 rings (SSSR count). The highest BCUT2D eigenvalue weighted by Gasteiger charge is 2.31. The average molecular weight is 374 g/mol. The summed E-state index contributed by atoms with van der Waals surface area (Å²) in [6.45, 7) is 5.95. The maximum Gasteiger partial charge on any atom is 0.411 e. The second kappa shape index (κ2) is 7.00. The van der Waals surface area contributed by atoms with Gasteiger partial charge in [-0.15, -0.1) is 11.6 Å². The summed E-state index contributed by atoms with van der Waals surface area (Å²) >= 11 is 5.62. The van der Waals surface area contributed by atoms with Crippen LogP contribution in [0.1, 0.15) is 49.4 Å². The van der Waals surface area contributed by atoms with Crippen molar-refractivity contribution in [2.45, 2.75) is 38.8 Å². The summed E-state index contributed by atoms with van der Waals surface area (Å²) in [5.74, 6) is 6.41. The Kier molecular flexibility index (Phi) is 4.92. The van der Waals surface area contributed by atoms with Crippen molar-refractivity contribution in [2.24, 2.45) is 0 Å². The third kappa shape index (κ3) is 3.83. The Bertz CT molecular complexity index is 917. The number of aromatic nitrogens is 2. The molecule has 0 aliphatic carbocycles. The minimum absolute atomic E-state index is 0.0764. The van der Waals surface area contributed by atoms with E-state index in [9.17, 15) is 9.59 Å². The number of hydrogen-bond donors (Lipinski definition) is 1. The van der Waals surface area contributed by atoms with Crippen LogP contribution in [0.15, 0.2) is 18.2 Å². The van der Waals surface area contributed by atoms with Crippen molar-refractivity contribution in [3.8, 4) is 11.8 Å². The van der Waals surface area contributed by atoms with Gasteiger partial charge in [-0.05, 0) is 39.0 Å². The lowest BCUT2D eigenvalue weighted by Crippen LogP contribution is -2.41. The van der Waals surface area contributed by atoms with Gasteiger partial charge < -0.3 is 9.72 Å². The van der Waals surface area contributed by atoms with Crippen LogP contribution in [0.5, 0.6) is 0 Å². The third-order valence-corrected chi connectivity index (χ3v) is 4.10. The average Bonchev–Trinajstić information content (AvgIpc) is 3.02. The fraction of sp³-hybridized carbons (Fsp3) is 0.421. The Morgan fingerprint density at radius 2 is 2.19 bits per heavy atom. The highest BCUT2D eigenvalue weighted by atomic mass is 35.5. The largest absolute Gasteiger partial charge is 0.444 e. The molecule has 1 amide bonds. The fourth-order valence-corrected chi connectivity index (χ4v) is 2.85. The molecule has 1 N–H and O–H groups in total. The van der Waals surface area contributed by atoms with Gasteiger partial charge in [-0.1, -0.05) is 11.8 Å². The van der Waals surface area contributed by atoms with Gasteiger partial charge >= 0.3 is 6.09 Å². The highest BCUT2D eigenvalue weighted by molar-refractivity contribution is 6.30. The van der Waals surface area contributed by atoms with Gasteiger partial charge in [-0.2, -0.15) is 0 Å². The topological polar surface area (TPSA) is 75.3 Å². The number of imidazole rings is 1. The van der Waals surface area contributed by atoms with Crippen LogP contribution in [-0.2, 0) is 4.74 Å². The molecule has 2 heterocycles. The monoisotopic (exact) mass is 373 g/mol. The Labute approximate surface area is 156 Å². The maximum absolute atomic E-state index is 12.5. The number of Topliss-reactive ketones (excluding diaryl/α,β-unsaturated/α-hetero) is 1. The minimum Gasteiger partial charge on any atom is -0.444 e. The summed E-state index contributed by atoms with van der Waals surface area (Å²) in [6, 6.07) is 4.64. The molecule has 1 aliphatic heterocycles. The number of carbonyl (C=O) groups excluding carboxylic acids is 2. The first kappa shape index (κ1) is 18.3. The summed E-state index contributed by atoms with van der Waals surface area (Å²) < 4.78 is 5.49. The second-order valence-electron chi connectivity index (χ2n) is 7.06. The predicted octanol–water partition coefficient (Wildman–Crippen LogP) is 3.67. The number of amides is 1. The number of H-pyrrole nitrogens is 1. The van der Waals surface area contributed by atoms with E-state index in [0.29, 0.717) is 35.4 Å². The van der Waals surface area contributed by atoms with Gasteiger partial charge in [0.25, 0.3) is 0 Å². The maximum atomic E-state index is 12.5. The van der Waals surface area contributed by atoms with E-state index in [2.05, 4.69) is 21.8 Å². The van der Waals surface area contributed by atoms with Crippen molar-refractivity contribution >= 4 is 34.5 Å². The van der Waals surface area contributed by atoms with Crippen LogP contribution in [0.2, 0.25) is 0 Å². The first-order valence-corrected chi connectivity index (χ1v) is 8.89. The number of benzene rings is 1. The van der Waals surface area contributed by atoms with Crippen LogP contribution in [0.4, 0.5) is 4.79 Å². The molecule has 26 heavy (non-hydrogen) atoms. The molecule has 0 radical (unpaired) electrons. The quantitative estimate of drug-likeness (QED) is 0.506. The standard InChI is InChI=1S/C19H20ClN3O3/c1-19(2,3)26-18(25)23-9-5-4-6-15(23)17-21-13-8-7-12(16(24)11-20)10-14(13)22-17/h7-8,10,15H,5,9,11H2,1-3H3,(H,21,22). The zero-order chi connectivity index (χ0) is 18.9. The normalized spacial score (nSPS) is 16.9. The molecular weight excluding hydrogens is 354 g/mol. The molecule has 0 saturated carbocycles. The Hall–Kier alpha value is -2.52. The molecule has 1 unspecified atom stereocenters. The molecule has 0 spiro atoms. The van der Waals surface area contributed by atoms with Gasteiger partial charge in [0.1, 0.15) is 11.4 Å². The van der Waals surface area contributed by atoms with Crippen molar-refractivity contribution in [3.05, 3.63) is 29.6 Å². The SMILES string of the molecule is CC(C)(C)OC(=O)N1CCC#CC1c1nc2ccc(C(=O)CCl)cc2[nH]1. The van der Waals surface area contributed by atoms with E-state index in [1.54, 1.807) is 23.1 Å². The lowest BCUT2D eigenvalue weighted by molar-refractivity contribution is 0.0197. The van der Waals surface area contributed by atoms with Crippen LogP contribution in [0, 0.1) is 11.8 Å². The number of ketones is 1. The molecular formula is C19H20ClN3O3. The fourth-order valence-electron chi connectivity index (χ4n) is 2.69. The molecule has 7 heteroatoms. The van der Waals surface area contributed by atoms with E-state index in [-0.39, 0.29) is 11.7 Å². The zero-order valence-electron chi connectivity index (χ0n) is 14.9. The lowest BCUT2D eigenvalue weighted by Gasteiger charge is -2.31. The van der Waals surface area contributed by atoms with Crippen LogP contribution >= 0.6 is 11.6 Å². The van der Waals surface area contributed by atoms with E-state index >= 15 is 0 Å². The second-order valence-corrected chi connectivity index (χ2v) is 7.33. The number of carbonyl (C=O) groups is 2. The van der Waals surface area contributed by atoms with E-state index in [0.717, 1.165) is 0 Å². The molecule has 1 aromatic heterocycles.